The molecule has 2 N–H and O–H groups in total. The van der Waals surface area contributed by atoms with Gasteiger partial charge in [0.2, 0.25) is 0 Å². The fourth-order valence-corrected chi connectivity index (χ4v) is 1.88. The van der Waals surface area contributed by atoms with E-state index >= 15 is 0 Å². The van der Waals surface area contributed by atoms with Crippen molar-refractivity contribution in [2.24, 2.45) is 0 Å². The molecule has 3 heterocycles. The van der Waals surface area contributed by atoms with Crippen LogP contribution in [-0.2, 0) is 0 Å². The number of aromatic nitrogens is 4. The van der Waals surface area contributed by atoms with Gasteiger partial charge in [0.15, 0.2) is 0 Å². The van der Waals surface area contributed by atoms with Crippen molar-refractivity contribution in [2.75, 3.05) is 5.32 Å². The first-order valence-corrected chi connectivity index (χ1v) is 6.22. The summed E-state index contributed by atoms with van der Waals surface area (Å²) in [5, 5.41) is 11.2. The Morgan fingerprint density at radius 3 is 3.05 bits per heavy atom. The zero-order chi connectivity index (χ0) is 14.1. The lowest BCUT2D eigenvalue weighted by Gasteiger charge is -2.02. The molecule has 0 aliphatic rings. The number of anilines is 1. The number of rotatable bonds is 4. The molecule has 7 nitrogen and oxygen atoms in total. The number of fused-ring (bicyclic) bond motifs is 1. The topological polar surface area (TPSA) is 96.7 Å². The summed E-state index contributed by atoms with van der Waals surface area (Å²) >= 11 is 0. The number of pyridine rings is 1. The summed E-state index contributed by atoms with van der Waals surface area (Å²) in [6, 6.07) is 3.97. The quantitative estimate of drug-likeness (QED) is 0.704. The first-order chi connectivity index (χ1) is 9.65. The molecule has 0 saturated heterocycles. The molecule has 0 saturated carbocycles. The van der Waals surface area contributed by atoms with Gasteiger partial charge >= 0.3 is 6.01 Å². The van der Waals surface area contributed by atoms with Gasteiger partial charge in [0.1, 0.15) is 5.65 Å². The average Bonchev–Trinajstić information content (AvgIpc) is 3.03. The van der Waals surface area contributed by atoms with E-state index < -0.39 is 0 Å². The third-order valence-electron chi connectivity index (χ3n) is 2.73. The summed E-state index contributed by atoms with van der Waals surface area (Å²) in [7, 11) is 0. The van der Waals surface area contributed by atoms with Crippen LogP contribution in [-0.4, -0.2) is 32.0 Å². The van der Waals surface area contributed by atoms with E-state index in [-0.39, 0.29) is 23.7 Å². The minimum Gasteiger partial charge on any atom is -0.400 e. The number of nitrogens with one attached hydrogen (secondary N) is 2. The first-order valence-electron chi connectivity index (χ1n) is 6.22. The molecular weight excluding hydrogens is 258 g/mol. The van der Waals surface area contributed by atoms with Crippen LogP contribution in [0, 0.1) is 0 Å². The van der Waals surface area contributed by atoms with Crippen LogP contribution in [0.3, 0.4) is 0 Å². The summed E-state index contributed by atoms with van der Waals surface area (Å²) in [5.74, 6) is -0.369. The summed E-state index contributed by atoms with van der Waals surface area (Å²) in [4.78, 5) is 19.4. The maximum atomic E-state index is 12.3. The molecule has 3 rings (SSSR count). The van der Waals surface area contributed by atoms with Crippen molar-refractivity contribution in [3.63, 3.8) is 0 Å². The fourth-order valence-electron chi connectivity index (χ4n) is 1.88. The smallest absolute Gasteiger partial charge is 0.316 e. The molecule has 3 aromatic rings. The van der Waals surface area contributed by atoms with E-state index in [4.69, 9.17) is 4.42 Å². The highest BCUT2D eigenvalue weighted by molar-refractivity contribution is 6.13. The summed E-state index contributed by atoms with van der Waals surface area (Å²) < 4.78 is 5.31. The zero-order valence-electron chi connectivity index (χ0n) is 11.0. The van der Waals surface area contributed by atoms with Gasteiger partial charge in [-0.05, 0) is 26.0 Å². The van der Waals surface area contributed by atoms with E-state index in [9.17, 15) is 4.79 Å². The van der Waals surface area contributed by atoms with Crippen LogP contribution in [0.2, 0.25) is 0 Å². The van der Waals surface area contributed by atoms with Crippen LogP contribution in [0.25, 0.3) is 11.0 Å². The van der Waals surface area contributed by atoms with E-state index in [0.717, 1.165) is 5.39 Å². The molecule has 0 radical (unpaired) electrons. The highest BCUT2D eigenvalue weighted by atomic mass is 16.4. The lowest BCUT2D eigenvalue weighted by molar-refractivity contribution is 0.100. The second kappa shape index (κ2) is 4.76. The molecule has 3 aromatic heterocycles. The Labute approximate surface area is 114 Å². The molecule has 7 heteroatoms. The summed E-state index contributed by atoms with van der Waals surface area (Å²) in [6.07, 6.45) is 3.25. The largest absolute Gasteiger partial charge is 0.400 e. The van der Waals surface area contributed by atoms with Crippen molar-refractivity contribution in [3.05, 3.63) is 36.0 Å². The van der Waals surface area contributed by atoms with Gasteiger partial charge in [0.05, 0.1) is 5.56 Å². The molecule has 0 aliphatic carbocycles. The normalized spacial score (nSPS) is 11.2. The van der Waals surface area contributed by atoms with Crippen LogP contribution in [0.5, 0.6) is 0 Å². The lowest BCUT2D eigenvalue weighted by Crippen LogP contribution is -2.09. The molecule has 0 atom stereocenters. The fraction of sp³-hybridized carbons (Fsp3) is 0.231. The van der Waals surface area contributed by atoms with Gasteiger partial charge in [0.25, 0.3) is 11.7 Å². The van der Waals surface area contributed by atoms with Crippen molar-refractivity contribution in [3.8, 4) is 0 Å². The highest BCUT2D eigenvalue weighted by Gasteiger charge is 2.20. The maximum Gasteiger partial charge on any atom is 0.316 e. The van der Waals surface area contributed by atoms with E-state index in [0.29, 0.717) is 11.2 Å². The van der Waals surface area contributed by atoms with Crippen LogP contribution in [0.4, 0.5) is 6.01 Å². The Kier molecular flexibility index (Phi) is 2.94. The lowest BCUT2D eigenvalue weighted by atomic mass is 10.1. The third kappa shape index (κ3) is 2.13. The number of hydrogen-bond acceptors (Lipinski definition) is 6. The molecule has 0 fully saturated rings. The number of aromatic amines is 1. The number of carbonyl (C=O) groups is 1. The Morgan fingerprint density at radius 2 is 2.25 bits per heavy atom. The second-order valence-corrected chi connectivity index (χ2v) is 4.64. The minimum absolute atomic E-state index is 0.0436. The van der Waals surface area contributed by atoms with Gasteiger partial charge < -0.3 is 14.7 Å². The van der Waals surface area contributed by atoms with Gasteiger partial charge in [-0.1, -0.05) is 5.10 Å². The van der Waals surface area contributed by atoms with Crippen LogP contribution >= 0.6 is 0 Å². The number of H-pyrrole nitrogens is 1. The van der Waals surface area contributed by atoms with E-state index in [2.05, 4.69) is 25.5 Å². The van der Waals surface area contributed by atoms with Crippen LogP contribution in [0.15, 0.2) is 28.9 Å². The molecule has 0 spiro atoms. The Hall–Kier alpha value is -2.70. The number of ketones is 1. The molecule has 0 aromatic carbocycles. The number of carbonyl (C=O) groups excluding carboxylic acids is 1. The number of hydrogen-bond donors (Lipinski definition) is 2. The summed E-state index contributed by atoms with van der Waals surface area (Å²) in [5.41, 5.74) is 1.11. The summed E-state index contributed by atoms with van der Waals surface area (Å²) in [6.45, 7) is 3.88. The molecule has 0 amide bonds. The Bertz CT molecular complexity index is 759. The molecule has 0 unspecified atom stereocenters. The predicted octanol–water partition coefficient (Wildman–Crippen LogP) is 2.00. The van der Waals surface area contributed by atoms with Gasteiger partial charge in [-0.15, -0.1) is 5.10 Å². The predicted molar refractivity (Wildman–Crippen MR) is 72.6 cm³/mol. The monoisotopic (exact) mass is 271 g/mol. The molecule has 20 heavy (non-hydrogen) atoms. The van der Waals surface area contributed by atoms with Crippen molar-refractivity contribution in [2.45, 2.75) is 19.9 Å². The minimum atomic E-state index is -0.325. The van der Waals surface area contributed by atoms with Gasteiger partial charge in [0, 0.05) is 23.8 Å². The van der Waals surface area contributed by atoms with E-state index in [1.54, 1.807) is 18.5 Å². The molecule has 0 bridgehead atoms. The number of nitrogens with zero attached hydrogens (tertiary/aromatic N) is 3. The SMILES string of the molecule is CC(C)Nc1nnc(C(=O)c2c[nH]c3ncccc23)o1. The van der Waals surface area contributed by atoms with Crippen molar-refractivity contribution in [1.29, 1.82) is 0 Å². The maximum absolute atomic E-state index is 12.3. The third-order valence-corrected chi connectivity index (χ3v) is 2.73. The van der Waals surface area contributed by atoms with Gasteiger partial charge in [-0.25, -0.2) is 4.98 Å². The van der Waals surface area contributed by atoms with Gasteiger partial charge in [-0.3, -0.25) is 4.79 Å². The standard InChI is InChI=1S/C13H13N5O2/c1-7(2)16-13-18-17-12(20-13)10(19)9-6-15-11-8(9)4-3-5-14-11/h3-7H,1-2H3,(H,14,15)(H,16,18). The van der Waals surface area contributed by atoms with Crippen LogP contribution in [0.1, 0.15) is 30.1 Å². The first kappa shape index (κ1) is 12.3. The molecule has 102 valence electrons. The van der Waals surface area contributed by atoms with Crippen molar-refractivity contribution < 1.29 is 9.21 Å². The Morgan fingerprint density at radius 1 is 1.40 bits per heavy atom. The van der Waals surface area contributed by atoms with Crippen molar-refractivity contribution in [1.82, 2.24) is 20.2 Å². The highest BCUT2D eigenvalue weighted by Crippen LogP contribution is 2.19. The van der Waals surface area contributed by atoms with E-state index in [1.807, 2.05) is 19.9 Å². The molecule has 0 aliphatic heterocycles. The van der Waals surface area contributed by atoms with Gasteiger partial charge in [-0.2, -0.15) is 0 Å². The zero-order valence-corrected chi connectivity index (χ0v) is 11.0. The van der Waals surface area contributed by atoms with Crippen LogP contribution < -0.4 is 5.32 Å². The van der Waals surface area contributed by atoms with Crippen molar-refractivity contribution >= 4 is 22.8 Å². The Balaban J connectivity index is 1.94. The average molecular weight is 271 g/mol. The second-order valence-electron chi connectivity index (χ2n) is 4.64. The molecular formula is C13H13N5O2. The van der Waals surface area contributed by atoms with E-state index in [1.165, 1.54) is 0 Å².